The lowest BCUT2D eigenvalue weighted by Crippen LogP contribution is -2.49. The Kier molecular flexibility index (Phi) is 7.01. The topological polar surface area (TPSA) is 123 Å². The summed E-state index contributed by atoms with van der Waals surface area (Å²) >= 11 is 0. The van der Waals surface area contributed by atoms with Gasteiger partial charge in [-0.1, -0.05) is 24.3 Å². The molecule has 10 heteroatoms. The van der Waals surface area contributed by atoms with Crippen molar-refractivity contribution in [2.45, 2.75) is 29.3 Å². The van der Waals surface area contributed by atoms with E-state index in [4.69, 9.17) is 5.26 Å². The Morgan fingerprint density at radius 1 is 1.07 bits per heavy atom. The van der Waals surface area contributed by atoms with Gasteiger partial charge in [-0.3, -0.25) is 19.5 Å². The number of carbonyl (C=O) groups is 2. The molecule has 3 aromatic rings. The monoisotopic (exact) mass is 579 g/mol. The van der Waals surface area contributed by atoms with Crippen molar-refractivity contribution in [2.75, 3.05) is 13.1 Å². The second-order valence-corrected chi connectivity index (χ2v) is 12.9. The zero-order valence-electron chi connectivity index (χ0n) is 22.8. The van der Waals surface area contributed by atoms with Crippen molar-refractivity contribution in [3.63, 3.8) is 0 Å². The molecule has 3 heterocycles. The SMILES string of the molecule is C=CCC1(Cc2ccncc2)NC(=CC(=O)c2ccc(C#N)cc2)N([C@H]2[C@@H]3CN(S(=O)(=O)c4ccccc4)C[C@@H]32)C1=O. The first-order valence-electron chi connectivity index (χ1n) is 13.7. The van der Waals surface area contributed by atoms with Crippen LogP contribution in [-0.4, -0.2) is 59.0 Å². The van der Waals surface area contributed by atoms with Gasteiger partial charge in [0, 0.05) is 61.4 Å². The van der Waals surface area contributed by atoms with Crippen LogP contribution >= 0.6 is 0 Å². The highest BCUT2D eigenvalue weighted by molar-refractivity contribution is 7.89. The van der Waals surface area contributed by atoms with Crippen molar-refractivity contribution in [1.29, 1.82) is 5.26 Å². The summed E-state index contributed by atoms with van der Waals surface area (Å²) in [5.41, 5.74) is 0.677. The second-order valence-electron chi connectivity index (χ2n) is 10.9. The van der Waals surface area contributed by atoms with E-state index in [0.29, 0.717) is 42.9 Å². The summed E-state index contributed by atoms with van der Waals surface area (Å²) in [6.45, 7) is 4.49. The smallest absolute Gasteiger partial charge is 0.254 e. The lowest BCUT2D eigenvalue weighted by molar-refractivity contribution is -0.132. The number of hydrogen-bond donors (Lipinski definition) is 1. The average Bonchev–Trinajstić information content (AvgIpc) is 3.34. The maximum atomic E-state index is 14.3. The van der Waals surface area contributed by atoms with Gasteiger partial charge in [0.1, 0.15) is 11.4 Å². The number of pyridine rings is 1. The van der Waals surface area contributed by atoms with Crippen LogP contribution in [0, 0.1) is 23.2 Å². The molecule has 6 rings (SSSR count). The third kappa shape index (κ3) is 4.81. The molecule has 42 heavy (non-hydrogen) atoms. The number of rotatable bonds is 9. The number of nitriles is 1. The number of ketones is 1. The molecule has 1 saturated carbocycles. The molecule has 1 aliphatic carbocycles. The Morgan fingerprint density at radius 2 is 1.74 bits per heavy atom. The molecule has 2 saturated heterocycles. The van der Waals surface area contributed by atoms with Gasteiger partial charge in [0.05, 0.1) is 16.5 Å². The van der Waals surface area contributed by atoms with Gasteiger partial charge in [-0.25, -0.2) is 8.42 Å². The van der Waals surface area contributed by atoms with Gasteiger partial charge >= 0.3 is 0 Å². The van der Waals surface area contributed by atoms with Gasteiger partial charge in [-0.15, -0.1) is 6.58 Å². The van der Waals surface area contributed by atoms with Crippen molar-refractivity contribution in [1.82, 2.24) is 19.5 Å². The van der Waals surface area contributed by atoms with Gasteiger partial charge in [-0.05, 0) is 60.5 Å². The molecule has 9 nitrogen and oxygen atoms in total. The quantitative estimate of drug-likeness (QED) is 0.234. The molecular weight excluding hydrogens is 550 g/mol. The molecule has 0 spiro atoms. The average molecular weight is 580 g/mol. The molecule has 4 atom stereocenters. The zero-order valence-corrected chi connectivity index (χ0v) is 23.6. The fraction of sp³-hybridized carbons (Fsp3) is 0.250. The van der Waals surface area contributed by atoms with Crippen LogP contribution in [-0.2, 0) is 21.2 Å². The van der Waals surface area contributed by atoms with Crippen LogP contribution in [0.15, 0.2) is 109 Å². The van der Waals surface area contributed by atoms with Gasteiger partial charge in [-0.2, -0.15) is 9.57 Å². The number of fused-ring (bicyclic) bond motifs is 1. The molecule has 1 aromatic heterocycles. The van der Waals surface area contributed by atoms with Crippen molar-refractivity contribution in [3.8, 4) is 6.07 Å². The van der Waals surface area contributed by atoms with Crippen LogP contribution in [0.25, 0.3) is 0 Å². The number of sulfonamides is 1. The summed E-state index contributed by atoms with van der Waals surface area (Å²) in [4.78, 5) is 33.7. The first-order chi connectivity index (χ1) is 20.3. The highest BCUT2D eigenvalue weighted by Gasteiger charge is 2.65. The minimum Gasteiger partial charge on any atom is -0.357 e. The van der Waals surface area contributed by atoms with E-state index in [9.17, 15) is 18.0 Å². The van der Waals surface area contributed by atoms with Gasteiger partial charge in [0.15, 0.2) is 5.78 Å². The molecule has 0 bridgehead atoms. The number of allylic oxidation sites excluding steroid dienone is 1. The van der Waals surface area contributed by atoms with Crippen LogP contribution in [0.1, 0.15) is 27.9 Å². The molecule has 2 aromatic carbocycles. The van der Waals surface area contributed by atoms with E-state index in [2.05, 4.69) is 16.9 Å². The number of carbonyl (C=O) groups excluding carboxylic acids is 2. The lowest BCUT2D eigenvalue weighted by Gasteiger charge is -2.27. The first-order valence-corrected chi connectivity index (χ1v) is 15.1. The number of nitrogens with zero attached hydrogens (tertiary/aromatic N) is 4. The first kappa shape index (κ1) is 27.6. The molecule has 1 N–H and O–H groups in total. The molecule has 2 aliphatic heterocycles. The summed E-state index contributed by atoms with van der Waals surface area (Å²) in [5.74, 6) is -0.194. The number of aromatic nitrogens is 1. The third-order valence-corrected chi connectivity index (χ3v) is 10.2. The summed E-state index contributed by atoms with van der Waals surface area (Å²) in [6, 6.07) is 20.2. The Bertz CT molecular complexity index is 1710. The maximum Gasteiger partial charge on any atom is 0.254 e. The van der Waals surface area contributed by atoms with Crippen molar-refractivity contribution >= 4 is 21.7 Å². The van der Waals surface area contributed by atoms with Crippen molar-refractivity contribution < 1.29 is 18.0 Å². The van der Waals surface area contributed by atoms with Crippen molar-refractivity contribution in [2.24, 2.45) is 11.8 Å². The predicted octanol–water partition coefficient (Wildman–Crippen LogP) is 3.29. The molecule has 3 fully saturated rings. The van der Waals surface area contributed by atoms with E-state index >= 15 is 0 Å². The Labute approximate surface area is 244 Å². The van der Waals surface area contributed by atoms with Crippen LogP contribution < -0.4 is 5.32 Å². The van der Waals surface area contributed by atoms with Crippen molar-refractivity contribution in [3.05, 3.63) is 120 Å². The molecule has 3 aliphatic rings. The summed E-state index contributed by atoms with van der Waals surface area (Å²) in [6.07, 6.45) is 7.15. The maximum absolute atomic E-state index is 14.3. The molecule has 1 amide bonds. The standard InChI is InChI=1S/C32H29N5O4S/c1-2-14-32(18-22-12-15-34-16-13-22)31(39)37(29(35-32)17-28(38)24-10-8-23(19-33)9-11-24)30-26-20-36(21-27(26)30)42(40,41)25-6-4-3-5-7-25/h2-13,15-17,26-27,30,35H,1,14,18,20-21H2/t26-,27+,30+,32?. The fourth-order valence-corrected chi connectivity index (χ4v) is 7.76. The molecular formula is C32H29N5O4S. The third-order valence-electron chi connectivity index (χ3n) is 8.36. The van der Waals surface area contributed by atoms with E-state index in [0.717, 1.165) is 5.56 Å². The largest absolute Gasteiger partial charge is 0.357 e. The molecule has 1 unspecified atom stereocenters. The number of nitrogens with one attached hydrogen (secondary N) is 1. The van der Waals surface area contributed by atoms with Crippen LogP contribution in [0.3, 0.4) is 0 Å². The molecule has 0 radical (unpaired) electrons. The Hall–Kier alpha value is -4.59. The van der Waals surface area contributed by atoms with E-state index in [1.165, 1.54) is 10.4 Å². The van der Waals surface area contributed by atoms with Crippen LogP contribution in [0.5, 0.6) is 0 Å². The van der Waals surface area contributed by atoms with E-state index in [1.54, 1.807) is 78.0 Å². The lowest BCUT2D eigenvalue weighted by atomic mass is 9.87. The van der Waals surface area contributed by atoms with Gasteiger partial charge in [0.2, 0.25) is 10.0 Å². The number of hydrogen-bond acceptors (Lipinski definition) is 7. The Balaban J connectivity index is 1.31. The second kappa shape index (κ2) is 10.7. The summed E-state index contributed by atoms with van der Waals surface area (Å²) < 4.78 is 28.0. The van der Waals surface area contributed by atoms with E-state index < -0.39 is 15.6 Å². The van der Waals surface area contributed by atoms with E-state index in [1.807, 2.05) is 18.2 Å². The van der Waals surface area contributed by atoms with Crippen LogP contribution in [0.4, 0.5) is 0 Å². The normalized spacial score (nSPS) is 26.0. The van der Waals surface area contributed by atoms with Gasteiger partial charge in [0.25, 0.3) is 5.91 Å². The summed E-state index contributed by atoms with van der Waals surface area (Å²) in [7, 11) is -3.64. The Morgan fingerprint density at radius 3 is 2.36 bits per heavy atom. The number of amides is 1. The predicted molar refractivity (Wildman–Crippen MR) is 155 cm³/mol. The summed E-state index contributed by atoms with van der Waals surface area (Å²) in [5, 5.41) is 12.5. The minimum atomic E-state index is -3.64. The highest BCUT2D eigenvalue weighted by Crippen LogP contribution is 2.53. The zero-order chi connectivity index (χ0) is 29.5. The van der Waals surface area contributed by atoms with Crippen LogP contribution in [0.2, 0.25) is 0 Å². The molecule has 212 valence electrons. The van der Waals surface area contributed by atoms with E-state index in [-0.39, 0.29) is 34.5 Å². The highest BCUT2D eigenvalue weighted by atomic mass is 32.2. The number of benzene rings is 2. The minimum absolute atomic E-state index is 0.0527. The number of piperidine rings is 1. The fourth-order valence-electron chi connectivity index (χ4n) is 6.22. The van der Waals surface area contributed by atoms with Gasteiger partial charge < -0.3 is 5.32 Å².